The SMILES string of the molecule is NC(=O)Nc1cccc(C(=O)C(=O)O)c1. The lowest BCUT2D eigenvalue weighted by Gasteiger charge is -2.02. The summed E-state index contributed by atoms with van der Waals surface area (Å²) >= 11 is 0. The van der Waals surface area contributed by atoms with Crippen LogP contribution in [0.2, 0.25) is 0 Å². The minimum atomic E-state index is -1.55. The second kappa shape index (κ2) is 4.23. The molecular weight excluding hydrogens is 200 g/mol. The molecule has 0 saturated heterocycles. The summed E-state index contributed by atoms with van der Waals surface area (Å²) in [6.45, 7) is 0. The van der Waals surface area contributed by atoms with Gasteiger partial charge in [0.05, 0.1) is 0 Å². The minimum absolute atomic E-state index is 0.0197. The number of urea groups is 1. The number of carboxylic acid groups (broad SMARTS) is 1. The second-order valence-electron chi connectivity index (χ2n) is 2.70. The van der Waals surface area contributed by atoms with Gasteiger partial charge in [0.2, 0.25) is 0 Å². The van der Waals surface area contributed by atoms with Gasteiger partial charge in [-0.15, -0.1) is 0 Å². The summed E-state index contributed by atoms with van der Waals surface area (Å²) in [4.78, 5) is 31.9. The molecule has 6 heteroatoms. The van der Waals surface area contributed by atoms with Gasteiger partial charge in [0, 0.05) is 11.3 Å². The van der Waals surface area contributed by atoms with Gasteiger partial charge in [-0.05, 0) is 12.1 Å². The molecule has 0 aliphatic carbocycles. The van der Waals surface area contributed by atoms with Crippen molar-refractivity contribution in [1.29, 1.82) is 0 Å². The van der Waals surface area contributed by atoms with Gasteiger partial charge in [0.15, 0.2) is 0 Å². The molecule has 0 fully saturated rings. The number of carbonyl (C=O) groups excluding carboxylic acids is 2. The van der Waals surface area contributed by atoms with Crippen LogP contribution in [0.1, 0.15) is 10.4 Å². The number of nitrogens with one attached hydrogen (secondary N) is 1. The fraction of sp³-hybridized carbons (Fsp3) is 0. The van der Waals surface area contributed by atoms with E-state index in [2.05, 4.69) is 5.32 Å². The van der Waals surface area contributed by atoms with Crippen molar-refractivity contribution in [2.45, 2.75) is 0 Å². The van der Waals surface area contributed by atoms with E-state index < -0.39 is 17.8 Å². The van der Waals surface area contributed by atoms with Crippen molar-refractivity contribution in [2.75, 3.05) is 5.32 Å². The van der Waals surface area contributed by atoms with E-state index in [0.29, 0.717) is 0 Å². The van der Waals surface area contributed by atoms with Crippen LogP contribution in [-0.4, -0.2) is 22.9 Å². The molecule has 0 heterocycles. The lowest BCUT2D eigenvalue weighted by Crippen LogP contribution is -2.20. The van der Waals surface area contributed by atoms with Crippen molar-refractivity contribution < 1.29 is 19.5 Å². The molecule has 0 aliphatic heterocycles. The molecule has 0 atom stereocenters. The number of carbonyl (C=O) groups is 3. The highest BCUT2D eigenvalue weighted by molar-refractivity contribution is 6.40. The van der Waals surface area contributed by atoms with Gasteiger partial charge in [0.1, 0.15) is 0 Å². The Morgan fingerprint density at radius 2 is 1.93 bits per heavy atom. The highest BCUT2D eigenvalue weighted by Gasteiger charge is 2.14. The lowest BCUT2D eigenvalue weighted by atomic mass is 10.1. The summed E-state index contributed by atoms with van der Waals surface area (Å²) in [6, 6.07) is 4.73. The molecule has 2 amide bonds. The first kappa shape index (κ1) is 10.7. The summed E-state index contributed by atoms with van der Waals surface area (Å²) in [5.41, 5.74) is 5.11. The second-order valence-corrected chi connectivity index (χ2v) is 2.70. The molecule has 1 aromatic rings. The topological polar surface area (TPSA) is 109 Å². The van der Waals surface area contributed by atoms with Crippen LogP contribution in [0.4, 0.5) is 10.5 Å². The number of hydrogen-bond acceptors (Lipinski definition) is 3. The monoisotopic (exact) mass is 208 g/mol. The summed E-state index contributed by atoms with van der Waals surface area (Å²) in [7, 11) is 0. The predicted octanol–water partition coefficient (Wildman–Crippen LogP) is 0.445. The molecule has 0 saturated carbocycles. The number of aliphatic carboxylic acids is 1. The van der Waals surface area contributed by atoms with Crippen molar-refractivity contribution in [2.24, 2.45) is 5.73 Å². The predicted molar refractivity (Wildman–Crippen MR) is 51.6 cm³/mol. The number of nitrogens with two attached hydrogens (primary N) is 1. The number of hydrogen-bond donors (Lipinski definition) is 3. The molecule has 0 aliphatic rings. The summed E-state index contributed by atoms with van der Waals surface area (Å²) < 4.78 is 0. The number of Topliss-reactive ketones (excluding diaryl/α,β-unsaturated/α-hetero) is 1. The third-order valence-corrected chi connectivity index (χ3v) is 1.59. The number of rotatable bonds is 3. The van der Waals surface area contributed by atoms with Crippen molar-refractivity contribution >= 4 is 23.5 Å². The van der Waals surface area contributed by atoms with E-state index in [9.17, 15) is 14.4 Å². The maximum absolute atomic E-state index is 11.0. The Bertz CT molecular complexity index is 428. The minimum Gasteiger partial charge on any atom is -0.475 e. The Morgan fingerprint density at radius 3 is 2.47 bits per heavy atom. The zero-order chi connectivity index (χ0) is 11.4. The van der Waals surface area contributed by atoms with Crippen LogP contribution in [0.25, 0.3) is 0 Å². The Labute approximate surface area is 84.7 Å². The van der Waals surface area contributed by atoms with Gasteiger partial charge >= 0.3 is 12.0 Å². The fourth-order valence-corrected chi connectivity index (χ4v) is 1.00. The molecule has 0 spiro atoms. The zero-order valence-electron chi connectivity index (χ0n) is 7.56. The van der Waals surface area contributed by atoms with Crippen LogP contribution in [-0.2, 0) is 4.79 Å². The van der Waals surface area contributed by atoms with E-state index in [1.165, 1.54) is 24.3 Å². The number of carboxylic acids is 1. The first-order valence-corrected chi connectivity index (χ1v) is 3.95. The Hall–Kier alpha value is -2.37. The molecule has 78 valence electrons. The van der Waals surface area contributed by atoms with E-state index in [-0.39, 0.29) is 11.3 Å². The van der Waals surface area contributed by atoms with E-state index in [1.54, 1.807) is 0 Å². The third-order valence-electron chi connectivity index (χ3n) is 1.59. The van der Waals surface area contributed by atoms with Crippen LogP contribution in [0, 0.1) is 0 Å². The Balaban J connectivity index is 2.97. The standard InChI is InChI=1S/C9H8N2O4/c10-9(15)11-6-3-1-2-5(4-6)7(12)8(13)14/h1-4H,(H,13,14)(H3,10,11,15). The first-order valence-electron chi connectivity index (χ1n) is 3.95. The van der Waals surface area contributed by atoms with Crippen molar-refractivity contribution in [3.8, 4) is 0 Å². The zero-order valence-corrected chi connectivity index (χ0v) is 7.56. The number of anilines is 1. The highest BCUT2D eigenvalue weighted by Crippen LogP contribution is 2.10. The number of ketones is 1. The molecule has 15 heavy (non-hydrogen) atoms. The van der Waals surface area contributed by atoms with Gasteiger partial charge in [-0.25, -0.2) is 9.59 Å². The van der Waals surface area contributed by atoms with Gasteiger partial charge in [-0.2, -0.15) is 0 Å². The first-order chi connectivity index (χ1) is 7.00. The average molecular weight is 208 g/mol. The number of benzene rings is 1. The summed E-state index contributed by atoms with van der Waals surface area (Å²) in [5, 5.41) is 10.7. The molecule has 6 nitrogen and oxygen atoms in total. The normalized spacial score (nSPS) is 9.33. The largest absolute Gasteiger partial charge is 0.475 e. The van der Waals surface area contributed by atoms with Crippen LogP contribution in [0.5, 0.6) is 0 Å². The van der Waals surface area contributed by atoms with Gasteiger partial charge in [-0.3, -0.25) is 4.79 Å². The Morgan fingerprint density at radius 1 is 1.27 bits per heavy atom. The molecular formula is C9H8N2O4. The quantitative estimate of drug-likeness (QED) is 0.494. The highest BCUT2D eigenvalue weighted by atomic mass is 16.4. The van der Waals surface area contributed by atoms with Gasteiger partial charge in [-0.1, -0.05) is 12.1 Å². The van der Waals surface area contributed by atoms with E-state index in [0.717, 1.165) is 0 Å². The molecule has 0 aromatic heterocycles. The molecule has 0 unspecified atom stereocenters. The van der Waals surface area contributed by atoms with Crippen LogP contribution in [0.3, 0.4) is 0 Å². The lowest BCUT2D eigenvalue weighted by molar-refractivity contribution is -0.131. The van der Waals surface area contributed by atoms with Crippen molar-refractivity contribution in [3.63, 3.8) is 0 Å². The van der Waals surface area contributed by atoms with E-state index in [4.69, 9.17) is 10.8 Å². The molecule has 1 aromatic carbocycles. The molecule has 1 rings (SSSR count). The van der Waals surface area contributed by atoms with Crippen LogP contribution in [0.15, 0.2) is 24.3 Å². The summed E-state index contributed by atoms with van der Waals surface area (Å²) in [6.07, 6.45) is 0. The molecule has 0 radical (unpaired) electrons. The van der Waals surface area contributed by atoms with E-state index >= 15 is 0 Å². The maximum Gasteiger partial charge on any atom is 0.377 e. The van der Waals surface area contributed by atoms with Crippen LogP contribution >= 0.6 is 0 Å². The summed E-state index contributed by atoms with van der Waals surface area (Å²) in [5.74, 6) is -2.59. The maximum atomic E-state index is 11.0. The smallest absolute Gasteiger partial charge is 0.377 e. The molecule has 0 bridgehead atoms. The van der Waals surface area contributed by atoms with E-state index in [1.807, 2.05) is 0 Å². The number of amides is 2. The fourth-order valence-electron chi connectivity index (χ4n) is 1.00. The van der Waals surface area contributed by atoms with Gasteiger partial charge in [0.25, 0.3) is 5.78 Å². The van der Waals surface area contributed by atoms with Crippen LogP contribution < -0.4 is 11.1 Å². The third kappa shape index (κ3) is 2.80. The van der Waals surface area contributed by atoms with Crippen molar-refractivity contribution in [3.05, 3.63) is 29.8 Å². The Kier molecular flexibility index (Phi) is 3.02. The molecule has 4 N–H and O–H groups in total. The number of primary amides is 1. The average Bonchev–Trinajstić information content (AvgIpc) is 2.16. The van der Waals surface area contributed by atoms with Gasteiger partial charge < -0.3 is 16.2 Å². The van der Waals surface area contributed by atoms with Crippen molar-refractivity contribution in [1.82, 2.24) is 0 Å².